The summed E-state index contributed by atoms with van der Waals surface area (Å²) in [5, 5.41) is 8.46. The van der Waals surface area contributed by atoms with Crippen LogP contribution in [0.25, 0.3) is 0 Å². The van der Waals surface area contributed by atoms with Gasteiger partial charge in [-0.3, -0.25) is 4.90 Å². The molecule has 3 heteroatoms. The summed E-state index contributed by atoms with van der Waals surface area (Å²) in [7, 11) is 0. The Labute approximate surface area is 73.6 Å². The van der Waals surface area contributed by atoms with E-state index in [1.165, 1.54) is 0 Å². The number of thioether (sulfide) groups is 1. The summed E-state index contributed by atoms with van der Waals surface area (Å²) in [5.74, 6) is 1.13. The van der Waals surface area contributed by atoms with Crippen LogP contribution >= 0.6 is 11.8 Å². The number of nitriles is 1. The Morgan fingerprint density at radius 1 is 1.45 bits per heavy atom. The lowest BCUT2D eigenvalue weighted by Gasteiger charge is -2.16. The summed E-state index contributed by atoms with van der Waals surface area (Å²) in [5.41, 5.74) is 0. The SMILES string of the molecule is CCCN(CC#N)CCSC. The van der Waals surface area contributed by atoms with E-state index in [9.17, 15) is 0 Å². The van der Waals surface area contributed by atoms with E-state index < -0.39 is 0 Å². The van der Waals surface area contributed by atoms with E-state index >= 15 is 0 Å². The maximum atomic E-state index is 8.46. The van der Waals surface area contributed by atoms with Crippen molar-refractivity contribution in [1.82, 2.24) is 4.90 Å². The van der Waals surface area contributed by atoms with Crippen LogP contribution in [0.3, 0.4) is 0 Å². The highest BCUT2D eigenvalue weighted by atomic mass is 32.2. The van der Waals surface area contributed by atoms with E-state index in [4.69, 9.17) is 5.26 Å². The predicted octanol–water partition coefficient (Wildman–Crippen LogP) is 1.58. The molecule has 0 N–H and O–H groups in total. The van der Waals surface area contributed by atoms with Gasteiger partial charge in [-0.25, -0.2) is 0 Å². The molecule has 0 saturated heterocycles. The molecule has 0 aromatic heterocycles. The fourth-order valence-electron chi connectivity index (χ4n) is 0.907. The summed E-state index contributed by atoms with van der Waals surface area (Å²) in [6.45, 7) is 4.81. The second kappa shape index (κ2) is 7.90. The van der Waals surface area contributed by atoms with E-state index in [2.05, 4.69) is 24.1 Å². The highest BCUT2D eigenvalue weighted by Gasteiger charge is 2.00. The molecule has 0 unspecified atom stereocenters. The standard InChI is InChI=1S/C8H16N2S/c1-3-5-10(6-4-9)7-8-11-2/h3,5-8H2,1-2H3. The lowest BCUT2D eigenvalue weighted by atomic mass is 10.4. The van der Waals surface area contributed by atoms with Crippen LogP contribution in [0.4, 0.5) is 0 Å². The highest BCUT2D eigenvalue weighted by Crippen LogP contribution is 1.96. The molecule has 2 nitrogen and oxygen atoms in total. The number of nitrogens with zero attached hydrogens (tertiary/aromatic N) is 2. The fourth-order valence-corrected chi connectivity index (χ4v) is 1.35. The summed E-state index contributed by atoms with van der Waals surface area (Å²) < 4.78 is 0. The third-order valence-corrected chi connectivity index (χ3v) is 2.04. The minimum absolute atomic E-state index is 0.578. The van der Waals surface area contributed by atoms with Crippen molar-refractivity contribution in [3.63, 3.8) is 0 Å². The highest BCUT2D eigenvalue weighted by molar-refractivity contribution is 7.98. The first-order chi connectivity index (χ1) is 5.35. The van der Waals surface area contributed by atoms with Crippen molar-refractivity contribution in [1.29, 1.82) is 5.26 Å². The quantitative estimate of drug-likeness (QED) is 0.569. The third-order valence-electron chi connectivity index (χ3n) is 1.45. The Bertz CT molecular complexity index is 120. The van der Waals surface area contributed by atoms with Gasteiger partial charge in [-0.2, -0.15) is 17.0 Å². The first kappa shape index (κ1) is 10.8. The molecule has 0 bridgehead atoms. The first-order valence-corrected chi connectivity index (χ1v) is 5.32. The summed E-state index contributed by atoms with van der Waals surface area (Å²) in [6, 6.07) is 2.18. The van der Waals surface area contributed by atoms with Gasteiger partial charge in [0.1, 0.15) is 0 Å². The van der Waals surface area contributed by atoms with Gasteiger partial charge in [0.05, 0.1) is 12.6 Å². The van der Waals surface area contributed by atoms with Crippen LogP contribution in [-0.2, 0) is 0 Å². The molecule has 11 heavy (non-hydrogen) atoms. The van der Waals surface area contributed by atoms with Crippen LogP contribution in [0, 0.1) is 11.3 Å². The zero-order chi connectivity index (χ0) is 8.53. The zero-order valence-electron chi connectivity index (χ0n) is 7.34. The monoisotopic (exact) mass is 172 g/mol. The maximum Gasteiger partial charge on any atom is 0.0866 e. The van der Waals surface area contributed by atoms with Crippen LogP contribution in [0.2, 0.25) is 0 Å². The molecule has 0 aliphatic heterocycles. The van der Waals surface area contributed by atoms with Crippen molar-refractivity contribution < 1.29 is 0 Å². The van der Waals surface area contributed by atoms with Crippen molar-refractivity contribution in [2.24, 2.45) is 0 Å². The predicted molar refractivity (Wildman–Crippen MR) is 50.7 cm³/mol. The second-order valence-electron chi connectivity index (χ2n) is 2.43. The van der Waals surface area contributed by atoms with Crippen molar-refractivity contribution in [3.8, 4) is 6.07 Å². The smallest absolute Gasteiger partial charge is 0.0866 e. The van der Waals surface area contributed by atoms with Gasteiger partial charge >= 0.3 is 0 Å². The van der Waals surface area contributed by atoms with Gasteiger partial charge < -0.3 is 0 Å². The van der Waals surface area contributed by atoms with Crippen LogP contribution in [-0.4, -0.2) is 36.5 Å². The fraction of sp³-hybridized carbons (Fsp3) is 0.875. The van der Waals surface area contributed by atoms with Crippen LogP contribution in [0.1, 0.15) is 13.3 Å². The molecule has 0 atom stereocenters. The van der Waals surface area contributed by atoms with Gasteiger partial charge in [0.15, 0.2) is 0 Å². The van der Waals surface area contributed by atoms with Crippen molar-refractivity contribution >= 4 is 11.8 Å². The van der Waals surface area contributed by atoms with Crippen molar-refractivity contribution in [2.75, 3.05) is 31.6 Å². The van der Waals surface area contributed by atoms with Crippen molar-refractivity contribution in [2.45, 2.75) is 13.3 Å². The normalized spacial score (nSPS) is 10.0. The minimum Gasteiger partial charge on any atom is -0.290 e. The Hall–Kier alpha value is -0.200. The van der Waals surface area contributed by atoms with E-state index in [0.29, 0.717) is 6.54 Å². The van der Waals surface area contributed by atoms with Crippen molar-refractivity contribution in [3.05, 3.63) is 0 Å². The minimum atomic E-state index is 0.578. The molecule has 0 aliphatic carbocycles. The topological polar surface area (TPSA) is 27.0 Å². The zero-order valence-corrected chi connectivity index (χ0v) is 8.15. The Morgan fingerprint density at radius 2 is 2.18 bits per heavy atom. The molecule has 0 amide bonds. The second-order valence-corrected chi connectivity index (χ2v) is 3.41. The molecular weight excluding hydrogens is 156 g/mol. The number of rotatable bonds is 6. The van der Waals surface area contributed by atoms with E-state index in [1.54, 1.807) is 0 Å². The Kier molecular flexibility index (Phi) is 7.76. The molecule has 0 spiro atoms. The lowest BCUT2D eigenvalue weighted by molar-refractivity contribution is 0.326. The average Bonchev–Trinajstić information content (AvgIpc) is 2.01. The van der Waals surface area contributed by atoms with Crippen LogP contribution < -0.4 is 0 Å². The lowest BCUT2D eigenvalue weighted by Crippen LogP contribution is -2.27. The van der Waals surface area contributed by atoms with Gasteiger partial charge in [-0.1, -0.05) is 6.92 Å². The van der Waals surface area contributed by atoms with E-state index in [-0.39, 0.29) is 0 Å². The molecule has 0 heterocycles. The molecule has 0 radical (unpaired) electrons. The molecule has 0 aromatic carbocycles. The van der Waals surface area contributed by atoms with Gasteiger partial charge in [0.25, 0.3) is 0 Å². The van der Waals surface area contributed by atoms with Crippen LogP contribution in [0.15, 0.2) is 0 Å². The largest absolute Gasteiger partial charge is 0.290 e. The van der Waals surface area contributed by atoms with Crippen LogP contribution in [0.5, 0.6) is 0 Å². The summed E-state index contributed by atoms with van der Waals surface area (Å²) >= 11 is 1.83. The Morgan fingerprint density at radius 3 is 2.64 bits per heavy atom. The molecule has 64 valence electrons. The van der Waals surface area contributed by atoms with Gasteiger partial charge in [-0.05, 0) is 19.2 Å². The first-order valence-electron chi connectivity index (χ1n) is 3.93. The number of hydrogen-bond donors (Lipinski definition) is 0. The van der Waals surface area contributed by atoms with E-state index in [1.807, 2.05) is 11.8 Å². The molecule has 0 aromatic rings. The average molecular weight is 172 g/mol. The molecule has 0 rings (SSSR count). The summed E-state index contributed by atoms with van der Waals surface area (Å²) in [4.78, 5) is 2.19. The van der Waals surface area contributed by atoms with E-state index in [0.717, 1.165) is 25.3 Å². The molecule has 0 fully saturated rings. The molecule has 0 aliphatic rings. The van der Waals surface area contributed by atoms with Gasteiger partial charge in [0, 0.05) is 12.3 Å². The molecule has 0 saturated carbocycles. The third kappa shape index (κ3) is 6.21. The van der Waals surface area contributed by atoms with Gasteiger partial charge in [-0.15, -0.1) is 0 Å². The Balaban J connectivity index is 3.44. The summed E-state index contributed by atoms with van der Waals surface area (Å²) in [6.07, 6.45) is 3.23. The molecular formula is C8H16N2S. The van der Waals surface area contributed by atoms with Gasteiger partial charge in [0.2, 0.25) is 0 Å². The number of hydrogen-bond acceptors (Lipinski definition) is 3. The maximum absolute atomic E-state index is 8.46.